The molecule has 0 aromatic heterocycles. The minimum atomic E-state index is -0.442. The van der Waals surface area contributed by atoms with Crippen LogP contribution in [0.15, 0.2) is 0 Å². The second kappa shape index (κ2) is 8.25. The zero-order chi connectivity index (χ0) is 15.1. The largest absolute Gasteiger partial charge is 0.344 e. The molecular weight excluding hydrogens is 254 g/mol. The zero-order valence-electron chi connectivity index (χ0n) is 13.0. The van der Waals surface area contributed by atoms with Gasteiger partial charge in [0.2, 0.25) is 11.8 Å². The predicted molar refractivity (Wildman–Crippen MR) is 80.0 cm³/mol. The van der Waals surface area contributed by atoms with Crippen LogP contribution >= 0.6 is 0 Å². The van der Waals surface area contributed by atoms with Gasteiger partial charge in [0.15, 0.2) is 0 Å². The molecule has 1 rings (SSSR count). The maximum atomic E-state index is 12.3. The van der Waals surface area contributed by atoms with Gasteiger partial charge < -0.3 is 16.0 Å². The molecule has 20 heavy (non-hydrogen) atoms. The first kappa shape index (κ1) is 17.0. The predicted octanol–water partition coefficient (Wildman–Crippen LogP) is 1.12. The van der Waals surface area contributed by atoms with E-state index in [2.05, 4.69) is 5.32 Å². The second-order valence-electron chi connectivity index (χ2n) is 5.89. The Morgan fingerprint density at radius 3 is 2.70 bits per heavy atom. The van der Waals surface area contributed by atoms with Crippen LogP contribution in [0.2, 0.25) is 0 Å². The quantitative estimate of drug-likeness (QED) is 0.767. The highest BCUT2D eigenvalue weighted by atomic mass is 16.2. The summed E-state index contributed by atoms with van der Waals surface area (Å²) in [6, 6.07) is -0.442. The zero-order valence-corrected chi connectivity index (χ0v) is 13.0. The number of nitrogens with zero attached hydrogens (tertiary/aromatic N) is 1. The average molecular weight is 283 g/mol. The van der Waals surface area contributed by atoms with Crippen molar-refractivity contribution >= 4 is 11.8 Å². The molecule has 1 fully saturated rings. The molecule has 1 aliphatic rings. The van der Waals surface area contributed by atoms with E-state index >= 15 is 0 Å². The lowest BCUT2D eigenvalue weighted by Crippen LogP contribution is -2.47. The Morgan fingerprint density at radius 1 is 1.40 bits per heavy atom. The van der Waals surface area contributed by atoms with Crippen LogP contribution in [0.1, 0.15) is 46.0 Å². The average Bonchev–Trinajstić information content (AvgIpc) is 2.46. The van der Waals surface area contributed by atoms with Crippen LogP contribution < -0.4 is 11.1 Å². The van der Waals surface area contributed by atoms with E-state index in [9.17, 15) is 9.59 Å². The molecule has 0 heterocycles. The Kier molecular flexibility index (Phi) is 6.99. The van der Waals surface area contributed by atoms with Crippen molar-refractivity contribution in [3.63, 3.8) is 0 Å². The minimum absolute atomic E-state index is 0.0251. The number of amides is 2. The molecule has 0 radical (unpaired) electrons. The normalized spacial score (nSPS) is 24.0. The summed E-state index contributed by atoms with van der Waals surface area (Å²) < 4.78 is 0. The summed E-state index contributed by atoms with van der Waals surface area (Å²) >= 11 is 0. The number of carbonyl (C=O) groups excluding carboxylic acids is 2. The Morgan fingerprint density at radius 2 is 2.10 bits per heavy atom. The van der Waals surface area contributed by atoms with E-state index in [1.165, 1.54) is 6.42 Å². The Hall–Kier alpha value is -1.10. The maximum Gasteiger partial charge on any atom is 0.244 e. The number of carbonyl (C=O) groups is 2. The molecule has 5 nitrogen and oxygen atoms in total. The second-order valence-corrected chi connectivity index (χ2v) is 5.89. The molecule has 0 saturated heterocycles. The van der Waals surface area contributed by atoms with Crippen molar-refractivity contribution in [1.82, 2.24) is 10.2 Å². The molecular formula is C15H29N3O2. The molecule has 0 aromatic rings. The first-order valence-electron chi connectivity index (χ1n) is 7.75. The lowest BCUT2D eigenvalue weighted by atomic mass is 9.79. The van der Waals surface area contributed by atoms with Gasteiger partial charge in [-0.05, 0) is 45.6 Å². The lowest BCUT2D eigenvalue weighted by molar-refractivity contribution is -0.136. The SMILES string of the molecule is CCN(C)C(=O)C(C)NC(=O)C1CCCC(CCN)C1. The minimum Gasteiger partial charge on any atom is -0.344 e. The van der Waals surface area contributed by atoms with Crippen molar-refractivity contribution in [3.8, 4) is 0 Å². The van der Waals surface area contributed by atoms with Crippen molar-refractivity contribution in [1.29, 1.82) is 0 Å². The third-order valence-electron chi connectivity index (χ3n) is 4.31. The summed E-state index contributed by atoms with van der Waals surface area (Å²) in [5.41, 5.74) is 5.60. The van der Waals surface area contributed by atoms with Crippen molar-refractivity contribution in [2.45, 2.75) is 52.0 Å². The molecule has 3 unspecified atom stereocenters. The van der Waals surface area contributed by atoms with Crippen LogP contribution in [0, 0.1) is 11.8 Å². The highest BCUT2D eigenvalue weighted by Gasteiger charge is 2.29. The van der Waals surface area contributed by atoms with Gasteiger partial charge in [-0.15, -0.1) is 0 Å². The summed E-state index contributed by atoms with van der Waals surface area (Å²) in [6.07, 6.45) is 5.09. The van der Waals surface area contributed by atoms with Crippen LogP contribution in [0.4, 0.5) is 0 Å². The van der Waals surface area contributed by atoms with Gasteiger partial charge in [-0.25, -0.2) is 0 Å². The molecule has 0 bridgehead atoms. The van der Waals surface area contributed by atoms with Crippen LogP contribution in [-0.2, 0) is 9.59 Å². The third kappa shape index (κ3) is 4.78. The van der Waals surface area contributed by atoms with E-state index in [4.69, 9.17) is 5.73 Å². The molecule has 5 heteroatoms. The van der Waals surface area contributed by atoms with Crippen molar-refractivity contribution in [2.75, 3.05) is 20.1 Å². The molecule has 1 aliphatic carbocycles. The number of hydrogen-bond donors (Lipinski definition) is 2. The van der Waals surface area contributed by atoms with Gasteiger partial charge in [-0.2, -0.15) is 0 Å². The first-order chi connectivity index (χ1) is 9.49. The van der Waals surface area contributed by atoms with Gasteiger partial charge in [0, 0.05) is 19.5 Å². The smallest absolute Gasteiger partial charge is 0.244 e. The molecule has 3 N–H and O–H groups in total. The van der Waals surface area contributed by atoms with Crippen LogP contribution in [0.3, 0.4) is 0 Å². The van der Waals surface area contributed by atoms with E-state index in [1.807, 2.05) is 6.92 Å². The number of likely N-dealkylation sites (N-methyl/N-ethyl adjacent to an activating group) is 1. The Labute approximate surface area is 122 Å². The third-order valence-corrected chi connectivity index (χ3v) is 4.31. The highest BCUT2D eigenvalue weighted by Crippen LogP contribution is 2.30. The first-order valence-corrected chi connectivity index (χ1v) is 7.75. The highest BCUT2D eigenvalue weighted by molar-refractivity contribution is 5.88. The molecule has 0 aliphatic heterocycles. The Bertz CT molecular complexity index is 331. The molecule has 116 valence electrons. The van der Waals surface area contributed by atoms with Crippen LogP contribution in [0.25, 0.3) is 0 Å². The Balaban J connectivity index is 2.47. The summed E-state index contributed by atoms with van der Waals surface area (Å²) in [6.45, 7) is 5.02. The fourth-order valence-corrected chi connectivity index (χ4v) is 2.91. The number of rotatable bonds is 6. The van der Waals surface area contributed by atoms with Crippen molar-refractivity contribution < 1.29 is 9.59 Å². The summed E-state index contributed by atoms with van der Waals surface area (Å²) in [7, 11) is 1.75. The molecule has 1 saturated carbocycles. The topological polar surface area (TPSA) is 75.4 Å². The van der Waals surface area contributed by atoms with E-state index < -0.39 is 6.04 Å². The van der Waals surface area contributed by atoms with E-state index in [1.54, 1.807) is 18.9 Å². The fraction of sp³-hybridized carbons (Fsp3) is 0.867. The molecule has 3 atom stereocenters. The van der Waals surface area contributed by atoms with Crippen LogP contribution in [-0.4, -0.2) is 42.9 Å². The van der Waals surface area contributed by atoms with Gasteiger partial charge in [0.25, 0.3) is 0 Å². The van der Waals surface area contributed by atoms with Crippen molar-refractivity contribution in [2.24, 2.45) is 17.6 Å². The molecule has 0 aromatic carbocycles. The van der Waals surface area contributed by atoms with Gasteiger partial charge in [0.1, 0.15) is 6.04 Å². The van der Waals surface area contributed by atoms with Crippen LogP contribution in [0.5, 0.6) is 0 Å². The molecule has 0 spiro atoms. The fourth-order valence-electron chi connectivity index (χ4n) is 2.91. The van der Waals surface area contributed by atoms with E-state index in [-0.39, 0.29) is 17.7 Å². The number of nitrogens with two attached hydrogens (primary N) is 1. The van der Waals surface area contributed by atoms with E-state index in [0.717, 1.165) is 25.7 Å². The lowest BCUT2D eigenvalue weighted by Gasteiger charge is -2.29. The van der Waals surface area contributed by atoms with Crippen molar-refractivity contribution in [3.05, 3.63) is 0 Å². The summed E-state index contributed by atoms with van der Waals surface area (Å²) in [4.78, 5) is 25.8. The van der Waals surface area contributed by atoms with Gasteiger partial charge in [0.05, 0.1) is 0 Å². The number of hydrogen-bond acceptors (Lipinski definition) is 3. The maximum absolute atomic E-state index is 12.3. The molecule has 2 amide bonds. The standard InChI is InChI=1S/C15H29N3O2/c1-4-18(3)15(20)11(2)17-14(19)13-7-5-6-12(10-13)8-9-16/h11-13H,4-10,16H2,1-3H3,(H,17,19). The van der Waals surface area contributed by atoms with Gasteiger partial charge in [-0.3, -0.25) is 9.59 Å². The van der Waals surface area contributed by atoms with Gasteiger partial charge in [-0.1, -0.05) is 12.8 Å². The van der Waals surface area contributed by atoms with E-state index in [0.29, 0.717) is 19.0 Å². The summed E-state index contributed by atoms with van der Waals surface area (Å²) in [5.74, 6) is 0.601. The summed E-state index contributed by atoms with van der Waals surface area (Å²) in [5, 5.41) is 2.87. The monoisotopic (exact) mass is 283 g/mol. The number of nitrogens with one attached hydrogen (secondary N) is 1. The van der Waals surface area contributed by atoms with Gasteiger partial charge >= 0.3 is 0 Å².